The van der Waals surface area contributed by atoms with Crippen LogP contribution in [-0.2, 0) is 0 Å². The number of rotatable bonds is 3. The molecule has 0 radical (unpaired) electrons. The van der Waals surface area contributed by atoms with E-state index in [-0.39, 0.29) is 6.04 Å². The fourth-order valence-corrected chi connectivity index (χ4v) is 3.43. The van der Waals surface area contributed by atoms with E-state index in [1.54, 1.807) is 18.2 Å². The van der Waals surface area contributed by atoms with Gasteiger partial charge in [0.1, 0.15) is 0 Å². The van der Waals surface area contributed by atoms with E-state index < -0.39 is 0 Å². The van der Waals surface area contributed by atoms with Crippen LogP contribution in [0.1, 0.15) is 24.1 Å². The first-order valence-corrected chi connectivity index (χ1v) is 7.89. The lowest BCUT2D eigenvalue weighted by Crippen LogP contribution is -2.08. The Bertz CT molecular complexity index is 680. The first-order chi connectivity index (χ1) is 9.51. The monoisotopic (exact) mass is 412 g/mol. The smallest absolute Gasteiger partial charge is 0.0992 e. The molecule has 1 atom stereocenters. The van der Waals surface area contributed by atoms with E-state index in [4.69, 9.17) is 16.9 Å². The van der Waals surface area contributed by atoms with Gasteiger partial charge in [0.05, 0.1) is 22.3 Å². The lowest BCUT2D eigenvalue weighted by atomic mass is 10.1. The number of nitrogens with zero attached hydrogens (tertiary/aromatic N) is 1. The molecule has 1 unspecified atom stereocenters. The van der Waals surface area contributed by atoms with Gasteiger partial charge < -0.3 is 5.32 Å². The summed E-state index contributed by atoms with van der Waals surface area (Å²) in [4.78, 5) is 0. The summed E-state index contributed by atoms with van der Waals surface area (Å²) in [6.45, 7) is 2.05. The van der Waals surface area contributed by atoms with Crippen molar-refractivity contribution < 1.29 is 0 Å². The van der Waals surface area contributed by atoms with E-state index in [0.29, 0.717) is 10.6 Å². The number of nitrogens with one attached hydrogen (secondary N) is 1. The molecule has 2 nitrogen and oxygen atoms in total. The number of anilines is 1. The van der Waals surface area contributed by atoms with Crippen molar-refractivity contribution in [2.24, 2.45) is 0 Å². The molecule has 0 aliphatic rings. The minimum Gasteiger partial charge on any atom is -0.377 e. The van der Waals surface area contributed by atoms with Crippen LogP contribution in [0.5, 0.6) is 0 Å². The van der Waals surface area contributed by atoms with E-state index >= 15 is 0 Å². The van der Waals surface area contributed by atoms with Gasteiger partial charge in [0.2, 0.25) is 0 Å². The second-order valence-corrected chi connectivity index (χ2v) is 6.52. The third-order valence-electron chi connectivity index (χ3n) is 2.90. The van der Waals surface area contributed by atoms with Crippen LogP contribution in [0.15, 0.2) is 45.3 Å². The van der Waals surface area contributed by atoms with Gasteiger partial charge in [-0.25, -0.2) is 0 Å². The lowest BCUT2D eigenvalue weighted by molar-refractivity contribution is 0.878. The Balaban J connectivity index is 2.27. The van der Waals surface area contributed by atoms with Crippen molar-refractivity contribution in [3.8, 4) is 6.07 Å². The molecule has 2 aromatic carbocycles. The Labute approximate surface area is 140 Å². The van der Waals surface area contributed by atoms with Gasteiger partial charge in [-0.05, 0) is 42.8 Å². The summed E-state index contributed by atoms with van der Waals surface area (Å²) in [6, 6.07) is 13.4. The average Bonchev–Trinajstić information content (AvgIpc) is 2.41. The topological polar surface area (TPSA) is 35.8 Å². The van der Waals surface area contributed by atoms with Crippen LogP contribution in [0.4, 0.5) is 5.69 Å². The number of nitriles is 1. The first-order valence-electron chi connectivity index (χ1n) is 5.92. The predicted octanol–water partition coefficient (Wildman–Crippen LogP) is 5.91. The Morgan fingerprint density at radius 3 is 2.60 bits per heavy atom. The molecule has 20 heavy (non-hydrogen) atoms. The number of hydrogen-bond donors (Lipinski definition) is 1. The van der Waals surface area contributed by atoms with Crippen LogP contribution in [0.2, 0.25) is 5.02 Å². The van der Waals surface area contributed by atoms with Crippen molar-refractivity contribution in [1.29, 1.82) is 5.26 Å². The molecular formula is C15H11Br2ClN2. The van der Waals surface area contributed by atoms with Crippen molar-refractivity contribution in [2.45, 2.75) is 13.0 Å². The van der Waals surface area contributed by atoms with Crippen molar-refractivity contribution in [2.75, 3.05) is 5.32 Å². The highest BCUT2D eigenvalue weighted by Crippen LogP contribution is 2.31. The summed E-state index contributed by atoms with van der Waals surface area (Å²) in [6.07, 6.45) is 0. The molecule has 102 valence electrons. The molecule has 2 rings (SSSR count). The van der Waals surface area contributed by atoms with Crippen molar-refractivity contribution in [3.63, 3.8) is 0 Å². The summed E-state index contributed by atoms with van der Waals surface area (Å²) in [5.74, 6) is 0. The standard InChI is InChI=1S/C15H11Br2ClN2/c1-9(12-4-3-11(16)7-13(12)17)20-15-6-10(8-19)2-5-14(15)18/h2-7,9,20H,1H3. The molecule has 0 aromatic heterocycles. The zero-order valence-electron chi connectivity index (χ0n) is 10.6. The quantitative estimate of drug-likeness (QED) is 0.678. The van der Waals surface area contributed by atoms with Crippen LogP contribution in [0, 0.1) is 11.3 Å². The normalized spacial score (nSPS) is 11.8. The average molecular weight is 415 g/mol. The van der Waals surface area contributed by atoms with E-state index in [9.17, 15) is 0 Å². The van der Waals surface area contributed by atoms with Gasteiger partial charge in [-0.3, -0.25) is 0 Å². The highest BCUT2D eigenvalue weighted by Gasteiger charge is 2.11. The van der Waals surface area contributed by atoms with Crippen molar-refractivity contribution in [3.05, 3.63) is 61.5 Å². The Kier molecular flexibility index (Phi) is 5.09. The molecule has 5 heteroatoms. The lowest BCUT2D eigenvalue weighted by Gasteiger charge is -2.18. The zero-order chi connectivity index (χ0) is 14.7. The van der Waals surface area contributed by atoms with E-state index in [1.807, 2.05) is 25.1 Å². The van der Waals surface area contributed by atoms with Crippen LogP contribution in [-0.4, -0.2) is 0 Å². The number of benzene rings is 2. The fourth-order valence-electron chi connectivity index (χ4n) is 1.87. The molecule has 0 aliphatic carbocycles. The van der Waals surface area contributed by atoms with E-state index in [0.717, 1.165) is 20.2 Å². The summed E-state index contributed by atoms with van der Waals surface area (Å²) in [7, 11) is 0. The predicted molar refractivity (Wildman–Crippen MR) is 90.0 cm³/mol. The van der Waals surface area contributed by atoms with Gasteiger partial charge in [0.15, 0.2) is 0 Å². The second-order valence-electron chi connectivity index (χ2n) is 4.34. The minimum atomic E-state index is 0.0592. The summed E-state index contributed by atoms with van der Waals surface area (Å²) >= 11 is 13.1. The molecule has 0 fully saturated rings. The molecule has 1 N–H and O–H groups in total. The van der Waals surface area contributed by atoms with Gasteiger partial charge in [-0.15, -0.1) is 0 Å². The summed E-state index contributed by atoms with van der Waals surface area (Å²) < 4.78 is 2.03. The third-order valence-corrected chi connectivity index (χ3v) is 4.41. The van der Waals surface area contributed by atoms with Gasteiger partial charge in [0.25, 0.3) is 0 Å². The van der Waals surface area contributed by atoms with Crippen LogP contribution < -0.4 is 5.32 Å². The molecule has 2 aromatic rings. The fraction of sp³-hybridized carbons (Fsp3) is 0.133. The van der Waals surface area contributed by atoms with Gasteiger partial charge >= 0.3 is 0 Å². The molecule has 0 bridgehead atoms. The van der Waals surface area contributed by atoms with Crippen LogP contribution in [0.3, 0.4) is 0 Å². The minimum absolute atomic E-state index is 0.0592. The SMILES string of the molecule is CC(Nc1cc(C#N)ccc1Cl)c1ccc(Br)cc1Br. The second kappa shape index (κ2) is 6.62. The molecule has 0 amide bonds. The summed E-state index contributed by atoms with van der Waals surface area (Å²) in [5, 5.41) is 12.9. The van der Waals surface area contributed by atoms with Gasteiger partial charge in [-0.1, -0.05) is 49.5 Å². The Morgan fingerprint density at radius 1 is 1.20 bits per heavy atom. The molecule has 0 spiro atoms. The van der Waals surface area contributed by atoms with Crippen LogP contribution in [0.25, 0.3) is 0 Å². The molecule has 0 heterocycles. The molecule has 0 saturated heterocycles. The number of halogens is 3. The number of hydrogen-bond acceptors (Lipinski definition) is 2. The maximum absolute atomic E-state index is 8.95. The van der Waals surface area contributed by atoms with Crippen LogP contribution >= 0.6 is 43.5 Å². The molecule has 0 saturated carbocycles. The summed E-state index contributed by atoms with van der Waals surface area (Å²) in [5.41, 5.74) is 2.46. The first kappa shape index (κ1) is 15.4. The maximum Gasteiger partial charge on any atom is 0.0992 e. The van der Waals surface area contributed by atoms with Crippen molar-refractivity contribution >= 4 is 49.1 Å². The maximum atomic E-state index is 8.95. The molecule has 0 aliphatic heterocycles. The largest absolute Gasteiger partial charge is 0.377 e. The van der Waals surface area contributed by atoms with Crippen molar-refractivity contribution in [1.82, 2.24) is 0 Å². The van der Waals surface area contributed by atoms with Gasteiger partial charge in [-0.2, -0.15) is 5.26 Å². The Hall–Kier alpha value is -1.02. The third kappa shape index (κ3) is 3.54. The van der Waals surface area contributed by atoms with E-state index in [1.165, 1.54) is 0 Å². The Morgan fingerprint density at radius 2 is 1.95 bits per heavy atom. The molecular weight excluding hydrogens is 403 g/mol. The zero-order valence-corrected chi connectivity index (χ0v) is 14.6. The highest BCUT2D eigenvalue weighted by molar-refractivity contribution is 9.11. The van der Waals surface area contributed by atoms with E-state index in [2.05, 4.69) is 43.2 Å². The highest BCUT2D eigenvalue weighted by atomic mass is 79.9. The van der Waals surface area contributed by atoms with Gasteiger partial charge in [0, 0.05) is 15.0 Å².